The lowest BCUT2D eigenvalue weighted by atomic mass is 9.79. The van der Waals surface area contributed by atoms with Crippen LogP contribution in [0, 0.1) is 23.5 Å². The first-order valence-corrected chi connectivity index (χ1v) is 11.9. The van der Waals surface area contributed by atoms with Crippen molar-refractivity contribution in [2.75, 3.05) is 6.61 Å². The number of hydrogen-bond acceptors (Lipinski definition) is 2. The van der Waals surface area contributed by atoms with Gasteiger partial charge >= 0.3 is 6.11 Å². The molecule has 35 heavy (non-hydrogen) atoms. The molecule has 0 unspecified atom stereocenters. The van der Waals surface area contributed by atoms with E-state index in [0.717, 1.165) is 25.0 Å². The molecule has 8 heteroatoms. The zero-order chi connectivity index (χ0) is 25.4. The summed E-state index contributed by atoms with van der Waals surface area (Å²) >= 11 is 0. The molecule has 1 saturated carbocycles. The van der Waals surface area contributed by atoms with Crippen molar-refractivity contribution in [1.29, 1.82) is 0 Å². The Morgan fingerprint density at radius 2 is 1.66 bits per heavy atom. The maximum atomic E-state index is 15.3. The molecule has 0 amide bonds. The van der Waals surface area contributed by atoms with E-state index in [-0.39, 0.29) is 41.9 Å². The molecule has 2 nitrogen and oxygen atoms in total. The summed E-state index contributed by atoms with van der Waals surface area (Å²) in [4.78, 5) is 0. The molecule has 0 saturated heterocycles. The van der Waals surface area contributed by atoms with Gasteiger partial charge in [-0.15, -0.1) is 6.58 Å². The summed E-state index contributed by atoms with van der Waals surface area (Å²) in [5.74, 6) is -8.23. The molecule has 0 spiro atoms. The van der Waals surface area contributed by atoms with Gasteiger partial charge in [0, 0.05) is 12.0 Å². The third-order valence-electron chi connectivity index (χ3n) is 7.02. The SMILES string of the molecule is C=CCCC1CCC(C(F)(F)Oc2ccc3c(c2F)C(F)(F)Cc2c-3ccc(OCC)c2F)CC1. The lowest BCUT2D eigenvalue weighted by molar-refractivity contribution is -0.224. The first-order valence-electron chi connectivity index (χ1n) is 11.9. The molecule has 2 aliphatic carbocycles. The Labute approximate surface area is 200 Å². The van der Waals surface area contributed by atoms with Crippen molar-refractivity contribution in [2.45, 2.75) is 63.9 Å². The third kappa shape index (κ3) is 4.89. The summed E-state index contributed by atoms with van der Waals surface area (Å²) in [7, 11) is 0. The average molecular weight is 499 g/mol. The standard InChI is InChI=1S/C27H28F6O2/c1-3-5-6-16-7-9-17(10-8-16)27(32,33)35-22-14-12-19-18-11-13-21(34-4-2)24(28)20(18)15-26(30,31)23(19)25(22)29/h3,11-14,16-17H,1,4-10,15H2,2H3. The number of ether oxygens (including phenoxy) is 2. The van der Waals surface area contributed by atoms with Gasteiger partial charge in [0.15, 0.2) is 23.1 Å². The van der Waals surface area contributed by atoms with Crippen LogP contribution < -0.4 is 9.47 Å². The van der Waals surface area contributed by atoms with Crippen molar-refractivity contribution in [3.05, 3.63) is 59.7 Å². The molecule has 0 N–H and O–H groups in total. The first kappa shape index (κ1) is 25.5. The zero-order valence-electron chi connectivity index (χ0n) is 19.5. The summed E-state index contributed by atoms with van der Waals surface area (Å²) in [5.41, 5.74) is -1.55. The van der Waals surface area contributed by atoms with Gasteiger partial charge in [0.2, 0.25) is 0 Å². The van der Waals surface area contributed by atoms with E-state index in [1.807, 2.05) is 0 Å². The fourth-order valence-corrected chi connectivity index (χ4v) is 5.19. The quantitative estimate of drug-likeness (QED) is 0.269. The number of fused-ring (bicyclic) bond motifs is 3. The predicted molar refractivity (Wildman–Crippen MR) is 121 cm³/mol. The summed E-state index contributed by atoms with van der Waals surface area (Å²) in [5, 5.41) is 0. The predicted octanol–water partition coefficient (Wildman–Crippen LogP) is 8.42. The smallest absolute Gasteiger partial charge is 0.400 e. The van der Waals surface area contributed by atoms with Crippen LogP contribution in [0.3, 0.4) is 0 Å². The minimum atomic E-state index is -3.82. The van der Waals surface area contributed by atoms with Gasteiger partial charge in [0.05, 0.1) is 18.1 Å². The average Bonchev–Trinajstić information content (AvgIpc) is 2.81. The van der Waals surface area contributed by atoms with Crippen molar-refractivity contribution in [2.24, 2.45) is 11.8 Å². The van der Waals surface area contributed by atoms with Gasteiger partial charge in [-0.1, -0.05) is 12.1 Å². The molecule has 190 valence electrons. The molecule has 0 heterocycles. The summed E-state index contributed by atoms with van der Waals surface area (Å²) in [6.07, 6.45) is 0.249. The lowest BCUT2D eigenvalue weighted by Gasteiger charge is -2.34. The molecule has 0 aliphatic heterocycles. The number of rotatable bonds is 8. The van der Waals surface area contributed by atoms with Crippen LogP contribution in [-0.4, -0.2) is 12.7 Å². The minimum absolute atomic E-state index is 0.0712. The summed E-state index contributed by atoms with van der Waals surface area (Å²) < 4.78 is 99.9. The van der Waals surface area contributed by atoms with Crippen LogP contribution >= 0.6 is 0 Å². The van der Waals surface area contributed by atoms with Crippen LogP contribution in [0.5, 0.6) is 11.5 Å². The maximum Gasteiger partial charge on any atom is 0.400 e. The van der Waals surface area contributed by atoms with E-state index in [1.165, 1.54) is 12.1 Å². The molecule has 2 aromatic carbocycles. The van der Waals surface area contributed by atoms with Crippen LogP contribution in [0.25, 0.3) is 11.1 Å². The van der Waals surface area contributed by atoms with Crippen LogP contribution in [-0.2, 0) is 12.3 Å². The van der Waals surface area contributed by atoms with Crippen molar-refractivity contribution in [3.63, 3.8) is 0 Å². The number of halogens is 6. The van der Waals surface area contributed by atoms with Gasteiger partial charge in [-0.3, -0.25) is 0 Å². The molecule has 0 atom stereocenters. The van der Waals surface area contributed by atoms with Crippen LogP contribution in [0.4, 0.5) is 26.3 Å². The second-order valence-corrected chi connectivity index (χ2v) is 9.27. The fraction of sp³-hybridized carbons (Fsp3) is 0.481. The van der Waals surface area contributed by atoms with Gasteiger partial charge in [-0.2, -0.15) is 8.78 Å². The van der Waals surface area contributed by atoms with Crippen LogP contribution in [0.1, 0.15) is 56.6 Å². The van der Waals surface area contributed by atoms with E-state index in [0.29, 0.717) is 18.8 Å². The van der Waals surface area contributed by atoms with E-state index < -0.39 is 47.3 Å². The van der Waals surface area contributed by atoms with E-state index in [2.05, 4.69) is 6.58 Å². The van der Waals surface area contributed by atoms with E-state index in [4.69, 9.17) is 9.47 Å². The van der Waals surface area contributed by atoms with Crippen molar-refractivity contribution in [3.8, 4) is 22.6 Å². The van der Waals surface area contributed by atoms with Gasteiger partial charge in [-0.05, 0) is 80.7 Å². The Balaban J connectivity index is 1.61. The Bertz CT molecular complexity index is 1090. The number of benzene rings is 2. The highest BCUT2D eigenvalue weighted by molar-refractivity contribution is 5.76. The Hall–Kier alpha value is -2.64. The highest BCUT2D eigenvalue weighted by atomic mass is 19.3. The highest BCUT2D eigenvalue weighted by Crippen LogP contribution is 2.50. The Kier molecular flexibility index (Phi) is 7.11. The summed E-state index contributed by atoms with van der Waals surface area (Å²) in [6.45, 7) is 5.44. The second-order valence-electron chi connectivity index (χ2n) is 9.27. The van der Waals surface area contributed by atoms with Gasteiger partial charge < -0.3 is 9.47 Å². The Morgan fingerprint density at radius 1 is 1.00 bits per heavy atom. The highest BCUT2D eigenvalue weighted by Gasteiger charge is 2.47. The largest absolute Gasteiger partial charge is 0.491 e. The second kappa shape index (κ2) is 9.78. The number of hydrogen-bond donors (Lipinski definition) is 0. The number of allylic oxidation sites excluding steroid dienone is 1. The van der Waals surface area contributed by atoms with E-state index in [1.54, 1.807) is 13.0 Å². The monoisotopic (exact) mass is 498 g/mol. The van der Waals surface area contributed by atoms with Gasteiger partial charge in [0.25, 0.3) is 5.92 Å². The summed E-state index contributed by atoms with van der Waals surface area (Å²) in [6, 6.07) is 4.66. The topological polar surface area (TPSA) is 18.5 Å². The van der Waals surface area contributed by atoms with Crippen molar-refractivity contribution in [1.82, 2.24) is 0 Å². The maximum absolute atomic E-state index is 15.3. The van der Waals surface area contributed by atoms with Crippen molar-refractivity contribution >= 4 is 0 Å². The van der Waals surface area contributed by atoms with E-state index >= 15 is 13.2 Å². The lowest BCUT2D eigenvalue weighted by Crippen LogP contribution is -2.37. The van der Waals surface area contributed by atoms with Crippen LogP contribution in [0.15, 0.2) is 36.9 Å². The van der Waals surface area contributed by atoms with Crippen molar-refractivity contribution < 1.29 is 35.8 Å². The molecular weight excluding hydrogens is 470 g/mol. The molecule has 0 radical (unpaired) electrons. The first-order chi connectivity index (χ1) is 16.6. The number of alkyl halides is 4. The van der Waals surface area contributed by atoms with Gasteiger partial charge in [0.1, 0.15) is 0 Å². The zero-order valence-corrected chi connectivity index (χ0v) is 19.5. The molecule has 0 bridgehead atoms. The molecule has 0 aromatic heterocycles. The third-order valence-corrected chi connectivity index (χ3v) is 7.02. The molecular formula is C27H28F6O2. The molecule has 4 rings (SSSR count). The van der Waals surface area contributed by atoms with Crippen LogP contribution in [0.2, 0.25) is 0 Å². The minimum Gasteiger partial charge on any atom is -0.491 e. The molecule has 1 fully saturated rings. The van der Waals surface area contributed by atoms with Gasteiger partial charge in [-0.25, -0.2) is 17.6 Å². The fourth-order valence-electron chi connectivity index (χ4n) is 5.19. The van der Waals surface area contributed by atoms with E-state index in [9.17, 15) is 13.2 Å². The molecule has 2 aromatic rings. The normalized spacial score (nSPS) is 21.1. The molecule has 2 aliphatic rings. The Morgan fingerprint density at radius 3 is 2.31 bits per heavy atom.